The lowest BCUT2D eigenvalue weighted by Crippen LogP contribution is -2.22. The molecule has 2 rings (SSSR count). The summed E-state index contributed by atoms with van der Waals surface area (Å²) in [6.07, 6.45) is -2.27. The molecule has 6 heteroatoms. The number of phenols is 2. The van der Waals surface area contributed by atoms with Gasteiger partial charge >= 0.3 is 6.18 Å². The van der Waals surface area contributed by atoms with Crippen LogP contribution in [0.5, 0.6) is 11.5 Å². The summed E-state index contributed by atoms with van der Waals surface area (Å²) < 4.78 is 37.8. The van der Waals surface area contributed by atoms with Crippen LogP contribution in [0.3, 0.4) is 0 Å². The molecule has 0 radical (unpaired) electrons. The van der Waals surface area contributed by atoms with E-state index < -0.39 is 23.2 Å². The Morgan fingerprint density at radius 1 is 1.22 bits per heavy atom. The molecule has 18 heavy (non-hydrogen) atoms. The first-order chi connectivity index (χ1) is 8.21. The smallest absolute Gasteiger partial charge is 0.420 e. The van der Waals surface area contributed by atoms with E-state index in [0.717, 1.165) is 18.9 Å². The highest BCUT2D eigenvalue weighted by atomic mass is 19.4. The van der Waals surface area contributed by atoms with Gasteiger partial charge in [0.05, 0.1) is 0 Å². The molecule has 0 heterocycles. The average molecular weight is 261 g/mol. The van der Waals surface area contributed by atoms with Crippen LogP contribution in [0.4, 0.5) is 13.2 Å². The lowest BCUT2D eigenvalue weighted by atomic mass is 10.00. The van der Waals surface area contributed by atoms with Crippen molar-refractivity contribution in [1.82, 2.24) is 0 Å². The molecule has 0 spiro atoms. The van der Waals surface area contributed by atoms with Crippen LogP contribution in [0.1, 0.15) is 30.4 Å². The van der Waals surface area contributed by atoms with E-state index in [9.17, 15) is 23.4 Å². The monoisotopic (exact) mass is 261 g/mol. The van der Waals surface area contributed by atoms with Crippen molar-refractivity contribution in [1.29, 1.82) is 0 Å². The second-order valence-electron chi connectivity index (χ2n) is 4.86. The summed E-state index contributed by atoms with van der Waals surface area (Å²) in [6.45, 7) is 0. The van der Waals surface area contributed by atoms with Crippen LogP contribution in [0.2, 0.25) is 0 Å². The minimum Gasteiger partial charge on any atom is -0.508 e. The number of hydrogen-bond donors (Lipinski definition) is 3. The number of halogens is 3. The molecule has 1 aliphatic carbocycles. The Morgan fingerprint density at radius 2 is 1.83 bits per heavy atom. The maximum absolute atomic E-state index is 12.6. The number of aryl methyl sites for hydroxylation is 1. The number of phenolic OH excluding ortho intramolecular Hbond substituents is 2. The molecule has 100 valence electrons. The summed E-state index contributed by atoms with van der Waals surface area (Å²) in [7, 11) is 0. The molecule has 0 saturated heterocycles. The highest BCUT2D eigenvalue weighted by Gasteiger charge is 2.39. The predicted octanol–water partition coefficient (Wildman–Crippen LogP) is 2.54. The van der Waals surface area contributed by atoms with Crippen molar-refractivity contribution in [3.63, 3.8) is 0 Å². The number of rotatable bonds is 3. The fourth-order valence-electron chi connectivity index (χ4n) is 1.88. The molecule has 0 atom stereocenters. The summed E-state index contributed by atoms with van der Waals surface area (Å²) in [4.78, 5) is 0. The zero-order valence-corrected chi connectivity index (χ0v) is 9.59. The quantitative estimate of drug-likeness (QED) is 0.732. The van der Waals surface area contributed by atoms with Gasteiger partial charge < -0.3 is 15.9 Å². The Balaban J connectivity index is 2.26. The zero-order chi connectivity index (χ0) is 13.6. The van der Waals surface area contributed by atoms with Gasteiger partial charge in [-0.25, -0.2) is 0 Å². The highest BCUT2D eigenvalue weighted by Crippen LogP contribution is 2.42. The SMILES string of the molecule is NC1(CCc2cc(O)cc(C(F)(F)F)c2O)CC1. The van der Waals surface area contributed by atoms with Crippen LogP contribution < -0.4 is 5.73 Å². The molecule has 1 aromatic rings. The minimum absolute atomic E-state index is 0.0825. The second-order valence-corrected chi connectivity index (χ2v) is 4.86. The lowest BCUT2D eigenvalue weighted by Gasteiger charge is -2.14. The van der Waals surface area contributed by atoms with Gasteiger partial charge in [-0.2, -0.15) is 13.2 Å². The van der Waals surface area contributed by atoms with Crippen molar-refractivity contribution in [3.8, 4) is 11.5 Å². The fourth-order valence-corrected chi connectivity index (χ4v) is 1.88. The van der Waals surface area contributed by atoms with E-state index in [4.69, 9.17) is 5.73 Å². The van der Waals surface area contributed by atoms with Crippen LogP contribution in [0, 0.1) is 0 Å². The largest absolute Gasteiger partial charge is 0.508 e. The van der Waals surface area contributed by atoms with E-state index in [1.165, 1.54) is 0 Å². The highest BCUT2D eigenvalue weighted by molar-refractivity contribution is 5.47. The molecule has 1 saturated carbocycles. The normalized spacial score (nSPS) is 17.8. The first kappa shape index (κ1) is 13.0. The number of hydrogen-bond acceptors (Lipinski definition) is 3. The topological polar surface area (TPSA) is 66.5 Å². The standard InChI is InChI=1S/C12H14F3NO2/c13-12(14,15)9-6-8(17)5-7(10(9)18)1-2-11(16)3-4-11/h5-6,17-18H,1-4,16H2. The predicted molar refractivity (Wildman–Crippen MR) is 59.2 cm³/mol. The van der Waals surface area contributed by atoms with Crippen LogP contribution >= 0.6 is 0 Å². The molecule has 0 bridgehead atoms. The van der Waals surface area contributed by atoms with E-state index in [1.807, 2.05) is 0 Å². The van der Waals surface area contributed by atoms with Gasteiger partial charge in [-0.05, 0) is 43.4 Å². The molecule has 4 N–H and O–H groups in total. The third-order valence-electron chi connectivity index (χ3n) is 3.26. The molecular weight excluding hydrogens is 247 g/mol. The molecule has 0 unspecified atom stereocenters. The Kier molecular flexibility index (Phi) is 2.93. The van der Waals surface area contributed by atoms with Crippen molar-refractivity contribution in [2.45, 2.75) is 37.4 Å². The molecule has 0 aromatic heterocycles. The summed E-state index contributed by atoms with van der Waals surface area (Å²) >= 11 is 0. The van der Waals surface area contributed by atoms with Crippen molar-refractivity contribution < 1.29 is 23.4 Å². The average Bonchev–Trinajstić information content (AvgIpc) is 2.96. The Hall–Kier alpha value is -1.43. The molecule has 0 aliphatic heterocycles. The van der Waals surface area contributed by atoms with Gasteiger partial charge in [0.1, 0.15) is 17.1 Å². The van der Waals surface area contributed by atoms with Crippen molar-refractivity contribution in [2.24, 2.45) is 5.73 Å². The van der Waals surface area contributed by atoms with Gasteiger partial charge in [0.25, 0.3) is 0 Å². The van der Waals surface area contributed by atoms with E-state index in [2.05, 4.69) is 0 Å². The summed E-state index contributed by atoms with van der Waals surface area (Å²) in [5, 5.41) is 18.9. The number of aromatic hydroxyl groups is 2. The number of alkyl halides is 3. The second kappa shape index (κ2) is 4.05. The van der Waals surface area contributed by atoms with Gasteiger partial charge in [0, 0.05) is 5.54 Å². The van der Waals surface area contributed by atoms with E-state index in [-0.39, 0.29) is 17.5 Å². The molecule has 3 nitrogen and oxygen atoms in total. The Morgan fingerprint density at radius 3 is 2.33 bits per heavy atom. The fraction of sp³-hybridized carbons (Fsp3) is 0.500. The third kappa shape index (κ3) is 2.69. The van der Waals surface area contributed by atoms with Gasteiger partial charge in [-0.15, -0.1) is 0 Å². The van der Waals surface area contributed by atoms with E-state index in [1.54, 1.807) is 0 Å². The first-order valence-corrected chi connectivity index (χ1v) is 5.62. The zero-order valence-electron chi connectivity index (χ0n) is 9.59. The van der Waals surface area contributed by atoms with Gasteiger partial charge in [0.15, 0.2) is 0 Å². The third-order valence-corrected chi connectivity index (χ3v) is 3.26. The Bertz CT molecular complexity index is 467. The minimum atomic E-state index is -4.68. The molecule has 1 aliphatic rings. The number of nitrogens with two attached hydrogens (primary N) is 1. The van der Waals surface area contributed by atoms with Crippen LogP contribution in [-0.2, 0) is 12.6 Å². The van der Waals surface area contributed by atoms with E-state index in [0.29, 0.717) is 12.5 Å². The van der Waals surface area contributed by atoms with Crippen LogP contribution in [0.25, 0.3) is 0 Å². The first-order valence-electron chi connectivity index (χ1n) is 5.62. The van der Waals surface area contributed by atoms with Crippen LogP contribution in [0.15, 0.2) is 12.1 Å². The number of benzene rings is 1. The maximum atomic E-state index is 12.6. The molecule has 1 aromatic carbocycles. The van der Waals surface area contributed by atoms with Gasteiger partial charge in [-0.1, -0.05) is 0 Å². The lowest BCUT2D eigenvalue weighted by molar-refractivity contribution is -0.138. The molecule has 0 amide bonds. The summed E-state index contributed by atoms with van der Waals surface area (Å²) in [5.41, 5.74) is 4.40. The van der Waals surface area contributed by atoms with Crippen molar-refractivity contribution in [2.75, 3.05) is 0 Å². The summed E-state index contributed by atoms with van der Waals surface area (Å²) in [6, 6.07) is 1.67. The van der Waals surface area contributed by atoms with Crippen molar-refractivity contribution >= 4 is 0 Å². The van der Waals surface area contributed by atoms with Gasteiger partial charge in [-0.3, -0.25) is 0 Å². The van der Waals surface area contributed by atoms with Crippen LogP contribution in [-0.4, -0.2) is 15.8 Å². The Labute approximate surface area is 102 Å². The molecular formula is C12H14F3NO2. The van der Waals surface area contributed by atoms with Gasteiger partial charge in [0.2, 0.25) is 0 Å². The van der Waals surface area contributed by atoms with Crippen molar-refractivity contribution in [3.05, 3.63) is 23.3 Å². The maximum Gasteiger partial charge on any atom is 0.420 e. The van der Waals surface area contributed by atoms with E-state index >= 15 is 0 Å². The summed E-state index contributed by atoms with van der Waals surface area (Å²) in [5.74, 6) is -1.32. The molecule has 1 fully saturated rings.